The second-order valence-corrected chi connectivity index (χ2v) is 13.0. The molecule has 0 radical (unpaired) electrons. The maximum atomic E-state index is 13.7. The Bertz CT molecular complexity index is 1410. The van der Waals surface area contributed by atoms with Gasteiger partial charge in [0.1, 0.15) is 11.4 Å². The lowest BCUT2D eigenvalue weighted by molar-refractivity contribution is -0.139. The highest BCUT2D eigenvalue weighted by molar-refractivity contribution is 6.42. The summed E-state index contributed by atoms with van der Waals surface area (Å²) < 4.78 is 51.4. The monoisotopic (exact) mass is 657 g/mol. The number of ether oxygens (including phenoxy) is 2. The fourth-order valence-corrected chi connectivity index (χ4v) is 6.05. The molecule has 3 amide bonds. The van der Waals surface area contributed by atoms with E-state index in [-0.39, 0.29) is 42.1 Å². The Morgan fingerprint density at radius 1 is 0.932 bits per heavy atom. The number of carbonyl (C=O) groups excluding carboxylic acids is 3. The molecule has 0 spiro atoms. The van der Waals surface area contributed by atoms with Gasteiger partial charge in [0, 0.05) is 50.6 Å². The molecule has 44 heavy (non-hydrogen) atoms. The lowest BCUT2D eigenvalue weighted by Gasteiger charge is -2.34. The number of amides is 3. The molecule has 2 aliphatic heterocycles. The number of hydrogen-bond donors (Lipinski definition) is 0. The minimum Gasteiger partial charge on any atom is -0.496 e. The molecule has 2 saturated heterocycles. The van der Waals surface area contributed by atoms with Crippen LogP contribution in [-0.4, -0.2) is 84.6 Å². The summed E-state index contributed by atoms with van der Waals surface area (Å²) in [6, 6.07) is 7.71. The van der Waals surface area contributed by atoms with E-state index in [2.05, 4.69) is 0 Å². The molecule has 13 heteroatoms. The van der Waals surface area contributed by atoms with Crippen LogP contribution < -0.4 is 4.74 Å². The van der Waals surface area contributed by atoms with Crippen LogP contribution >= 0.6 is 23.2 Å². The highest BCUT2D eigenvalue weighted by Crippen LogP contribution is 2.39. The molecular weight excluding hydrogens is 622 g/mol. The van der Waals surface area contributed by atoms with Crippen molar-refractivity contribution in [2.75, 3.05) is 40.3 Å². The van der Waals surface area contributed by atoms with Gasteiger partial charge in [0.2, 0.25) is 5.91 Å². The van der Waals surface area contributed by atoms with E-state index in [1.165, 1.54) is 18.0 Å². The Morgan fingerprint density at radius 3 is 2.16 bits per heavy atom. The average molecular weight is 659 g/mol. The summed E-state index contributed by atoms with van der Waals surface area (Å²) in [4.78, 5) is 44.5. The summed E-state index contributed by atoms with van der Waals surface area (Å²) in [5, 5.41) is 0.651. The molecule has 0 saturated carbocycles. The zero-order chi connectivity index (χ0) is 32.6. The number of carbonyl (C=O) groups is 3. The van der Waals surface area contributed by atoms with Gasteiger partial charge in [-0.25, -0.2) is 4.79 Å². The van der Waals surface area contributed by atoms with Crippen molar-refractivity contribution in [2.24, 2.45) is 5.92 Å². The average Bonchev–Trinajstić information content (AvgIpc) is 3.41. The van der Waals surface area contributed by atoms with E-state index in [9.17, 15) is 27.6 Å². The van der Waals surface area contributed by atoms with Crippen LogP contribution in [0.5, 0.6) is 5.75 Å². The van der Waals surface area contributed by atoms with Crippen LogP contribution in [0.15, 0.2) is 36.4 Å². The zero-order valence-electron chi connectivity index (χ0n) is 25.2. The zero-order valence-corrected chi connectivity index (χ0v) is 26.7. The largest absolute Gasteiger partial charge is 0.496 e. The number of piperidine rings is 1. The minimum atomic E-state index is -4.72. The van der Waals surface area contributed by atoms with Crippen LogP contribution in [0.3, 0.4) is 0 Å². The van der Waals surface area contributed by atoms with Gasteiger partial charge in [-0.05, 0) is 69.5 Å². The van der Waals surface area contributed by atoms with Gasteiger partial charge in [0.05, 0.1) is 28.8 Å². The number of likely N-dealkylation sites (N-methyl/N-ethyl adjacent to an activating group) is 1. The number of alkyl halides is 3. The van der Waals surface area contributed by atoms with Crippen molar-refractivity contribution in [3.05, 3.63) is 63.1 Å². The molecule has 4 rings (SSSR count). The predicted molar refractivity (Wildman–Crippen MR) is 160 cm³/mol. The molecule has 2 fully saturated rings. The van der Waals surface area contributed by atoms with E-state index in [4.69, 9.17) is 32.7 Å². The van der Waals surface area contributed by atoms with Crippen LogP contribution in [0, 0.1) is 5.92 Å². The summed E-state index contributed by atoms with van der Waals surface area (Å²) in [7, 11) is 2.65. The maximum Gasteiger partial charge on any atom is 0.419 e. The first-order chi connectivity index (χ1) is 20.5. The number of benzene rings is 2. The summed E-state index contributed by atoms with van der Waals surface area (Å²) in [5.74, 6) is -1.84. The Hall–Kier alpha value is -3.18. The van der Waals surface area contributed by atoms with Crippen molar-refractivity contribution in [3.8, 4) is 5.75 Å². The first kappa shape index (κ1) is 33.7. The minimum absolute atomic E-state index is 0.106. The van der Waals surface area contributed by atoms with Crippen molar-refractivity contribution in [1.82, 2.24) is 14.7 Å². The highest BCUT2D eigenvalue weighted by atomic mass is 35.5. The molecule has 2 aromatic rings. The van der Waals surface area contributed by atoms with Gasteiger partial charge < -0.3 is 24.2 Å². The third-order valence-corrected chi connectivity index (χ3v) is 8.78. The van der Waals surface area contributed by atoms with E-state index in [0.717, 1.165) is 24.8 Å². The quantitative estimate of drug-likeness (QED) is 0.356. The van der Waals surface area contributed by atoms with E-state index >= 15 is 0 Å². The normalized spacial score (nSPS) is 19.6. The van der Waals surface area contributed by atoms with Crippen LogP contribution in [-0.2, 0) is 15.7 Å². The SMILES string of the molecule is COc1ccc(C(=O)N(C)C2CN(C(=O)C3CCN(C(=O)OC(C)(C)C)CC3)CC2c2ccc(Cl)c(Cl)c2)cc1C(F)(F)F. The van der Waals surface area contributed by atoms with Crippen LogP contribution in [0.2, 0.25) is 10.0 Å². The molecule has 2 atom stereocenters. The maximum absolute atomic E-state index is 13.7. The number of rotatable bonds is 5. The Labute approximate surface area is 265 Å². The highest BCUT2D eigenvalue weighted by Gasteiger charge is 2.43. The molecule has 0 aromatic heterocycles. The third kappa shape index (κ3) is 7.54. The van der Waals surface area contributed by atoms with Crippen LogP contribution in [0.25, 0.3) is 0 Å². The molecule has 0 bridgehead atoms. The Kier molecular flexibility index (Phi) is 9.99. The van der Waals surface area contributed by atoms with Gasteiger partial charge >= 0.3 is 12.3 Å². The molecular formula is C31H36Cl2F3N3O5. The lowest BCUT2D eigenvalue weighted by atomic mass is 9.93. The van der Waals surface area contributed by atoms with Crippen molar-refractivity contribution < 1.29 is 37.0 Å². The van der Waals surface area contributed by atoms with Crippen molar-refractivity contribution in [1.29, 1.82) is 0 Å². The Balaban J connectivity index is 1.56. The fraction of sp³-hybridized carbons (Fsp3) is 0.516. The molecule has 2 heterocycles. The molecule has 2 unspecified atom stereocenters. The second-order valence-electron chi connectivity index (χ2n) is 12.2. The van der Waals surface area contributed by atoms with E-state index in [0.29, 0.717) is 36.0 Å². The number of halogens is 5. The first-order valence-corrected chi connectivity index (χ1v) is 15.0. The van der Waals surface area contributed by atoms with Gasteiger partial charge in [-0.1, -0.05) is 29.3 Å². The summed E-state index contributed by atoms with van der Waals surface area (Å²) >= 11 is 12.5. The summed E-state index contributed by atoms with van der Waals surface area (Å²) in [6.07, 6.45) is -4.23. The van der Waals surface area contributed by atoms with Crippen LogP contribution in [0.1, 0.15) is 61.0 Å². The fourth-order valence-electron chi connectivity index (χ4n) is 5.74. The van der Waals surface area contributed by atoms with Crippen LogP contribution in [0.4, 0.5) is 18.0 Å². The molecule has 0 aliphatic carbocycles. The number of nitrogens with zero attached hydrogens (tertiary/aromatic N) is 3. The Morgan fingerprint density at radius 2 is 1.59 bits per heavy atom. The standard InChI is InChI=1S/C31H36Cl2F3N3O5/c1-30(2,3)44-29(42)38-12-10-18(11-13-38)28(41)39-16-21(19-6-8-23(32)24(33)15-19)25(17-39)37(4)27(40)20-7-9-26(43-5)22(14-20)31(34,35)36/h6-9,14-15,18,21,25H,10-13,16-17H2,1-5H3. The molecule has 0 N–H and O–H groups in total. The van der Waals surface area contributed by atoms with Gasteiger partial charge in [-0.3, -0.25) is 9.59 Å². The molecule has 240 valence electrons. The third-order valence-electron chi connectivity index (χ3n) is 8.04. The smallest absolute Gasteiger partial charge is 0.419 e. The molecule has 8 nitrogen and oxygen atoms in total. The molecule has 2 aromatic carbocycles. The van der Waals surface area contributed by atoms with Crippen molar-refractivity contribution in [2.45, 2.75) is 57.3 Å². The molecule has 2 aliphatic rings. The van der Waals surface area contributed by atoms with E-state index in [1.54, 1.807) is 48.8 Å². The number of hydrogen-bond acceptors (Lipinski definition) is 5. The topological polar surface area (TPSA) is 79.4 Å². The van der Waals surface area contributed by atoms with Gasteiger partial charge in [0.15, 0.2) is 0 Å². The summed E-state index contributed by atoms with van der Waals surface area (Å²) in [5.41, 5.74) is -1.10. The van der Waals surface area contributed by atoms with Crippen molar-refractivity contribution >= 4 is 41.1 Å². The second kappa shape index (κ2) is 13.0. The van der Waals surface area contributed by atoms with Gasteiger partial charge in [0.25, 0.3) is 5.91 Å². The number of methoxy groups -OCH3 is 1. The number of likely N-dealkylation sites (tertiary alicyclic amines) is 2. The van der Waals surface area contributed by atoms with Gasteiger partial charge in [-0.2, -0.15) is 13.2 Å². The van der Waals surface area contributed by atoms with E-state index in [1.807, 2.05) is 0 Å². The predicted octanol–water partition coefficient (Wildman–Crippen LogP) is 6.73. The first-order valence-electron chi connectivity index (χ1n) is 14.2. The summed E-state index contributed by atoms with van der Waals surface area (Å²) in [6.45, 7) is 6.55. The van der Waals surface area contributed by atoms with Crippen molar-refractivity contribution in [3.63, 3.8) is 0 Å². The lowest BCUT2D eigenvalue weighted by Crippen LogP contribution is -2.46. The van der Waals surface area contributed by atoms with E-state index < -0.39 is 35.4 Å². The van der Waals surface area contributed by atoms with Gasteiger partial charge in [-0.15, -0.1) is 0 Å².